The van der Waals surface area contributed by atoms with E-state index in [-0.39, 0.29) is 20.5 Å². The van der Waals surface area contributed by atoms with Gasteiger partial charge in [0.2, 0.25) is 0 Å². The van der Waals surface area contributed by atoms with Gasteiger partial charge < -0.3 is 0 Å². The molecule has 0 N–H and O–H groups in total. The summed E-state index contributed by atoms with van der Waals surface area (Å²) in [5.74, 6) is 0. The summed E-state index contributed by atoms with van der Waals surface area (Å²) in [6.07, 6.45) is 0. The molecule has 0 spiro atoms. The summed E-state index contributed by atoms with van der Waals surface area (Å²) in [6.45, 7) is 0. The van der Waals surface area contributed by atoms with Gasteiger partial charge in [-0.2, -0.15) is 0 Å². The summed E-state index contributed by atoms with van der Waals surface area (Å²) in [5, 5.41) is 0.921. The van der Waals surface area contributed by atoms with Crippen LogP contribution in [0.4, 0.5) is 4.39 Å². The second-order valence-electron chi connectivity index (χ2n) is 1.94. The minimum atomic E-state index is -0.151. The molecule has 1 aromatic rings. The molecule has 0 radical (unpaired) electrons. The van der Waals surface area contributed by atoms with Crippen molar-refractivity contribution in [1.29, 1.82) is 0 Å². The van der Waals surface area contributed by atoms with E-state index in [1.807, 2.05) is 30.3 Å². The molecule has 54 valence electrons. The molecule has 0 heterocycles. The van der Waals surface area contributed by atoms with Crippen LogP contribution in [0, 0.1) is 0 Å². The van der Waals surface area contributed by atoms with Crippen molar-refractivity contribution in [3.8, 4) is 0 Å². The molecule has 0 aliphatic heterocycles. The molecular formula is C8H9FSe. The average Bonchev–Trinajstić information content (AvgIpc) is 2.03. The van der Waals surface area contributed by atoms with Crippen LogP contribution in [0.25, 0.3) is 0 Å². The summed E-state index contributed by atoms with van der Waals surface area (Å²) in [4.78, 5) is 0. The second kappa shape index (κ2) is 4.48. The molecule has 0 saturated carbocycles. The average molecular weight is 203 g/mol. The Morgan fingerprint density at radius 2 is 1.90 bits per heavy atom. The molecule has 0 aliphatic carbocycles. The third-order valence-electron chi connectivity index (χ3n) is 1.19. The first-order valence-corrected chi connectivity index (χ1v) is 5.53. The molecule has 0 aliphatic rings. The van der Waals surface area contributed by atoms with E-state index in [9.17, 15) is 4.39 Å². The van der Waals surface area contributed by atoms with Gasteiger partial charge in [-0.05, 0) is 0 Å². The van der Waals surface area contributed by atoms with Gasteiger partial charge in [0.25, 0.3) is 0 Å². The number of rotatable bonds is 3. The zero-order valence-electron chi connectivity index (χ0n) is 5.59. The van der Waals surface area contributed by atoms with Crippen LogP contribution >= 0.6 is 0 Å². The van der Waals surface area contributed by atoms with Crippen LogP contribution in [0.5, 0.6) is 0 Å². The molecule has 2 heteroatoms. The van der Waals surface area contributed by atoms with Gasteiger partial charge in [-0.25, -0.2) is 0 Å². The molecule has 1 rings (SSSR count). The Morgan fingerprint density at radius 3 is 2.50 bits per heavy atom. The minimum absolute atomic E-state index is 0.151. The standard InChI is InChI=1S/C8H9FSe/c9-7-10-6-8-4-2-1-3-5-8/h1-5H,6-7H2. The zero-order chi connectivity index (χ0) is 7.23. The van der Waals surface area contributed by atoms with E-state index in [4.69, 9.17) is 0 Å². The second-order valence-corrected chi connectivity index (χ2v) is 3.86. The maximum atomic E-state index is 11.7. The third-order valence-corrected chi connectivity index (χ3v) is 2.64. The van der Waals surface area contributed by atoms with E-state index in [1.54, 1.807) is 0 Å². The Balaban J connectivity index is 2.43. The molecule has 0 atom stereocenters. The van der Waals surface area contributed by atoms with Gasteiger partial charge >= 0.3 is 66.1 Å². The summed E-state index contributed by atoms with van der Waals surface area (Å²) in [5.41, 5.74) is 1.10. The van der Waals surface area contributed by atoms with Gasteiger partial charge in [0.05, 0.1) is 0 Å². The van der Waals surface area contributed by atoms with Crippen LogP contribution in [0.3, 0.4) is 0 Å². The zero-order valence-corrected chi connectivity index (χ0v) is 7.30. The molecule has 0 amide bonds. The molecule has 0 nitrogen and oxygen atoms in total. The first-order valence-electron chi connectivity index (χ1n) is 3.11. The quantitative estimate of drug-likeness (QED) is 0.657. The third kappa shape index (κ3) is 2.51. The van der Waals surface area contributed by atoms with Crippen LogP contribution in [0.2, 0.25) is 0 Å². The van der Waals surface area contributed by atoms with Gasteiger partial charge in [0.15, 0.2) is 0 Å². The van der Waals surface area contributed by atoms with Crippen LogP contribution < -0.4 is 0 Å². The van der Waals surface area contributed by atoms with Gasteiger partial charge in [-0.15, -0.1) is 0 Å². The van der Waals surface area contributed by atoms with Crippen molar-refractivity contribution >= 4 is 15.0 Å². The number of hydrogen-bond acceptors (Lipinski definition) is 0. The summed E-state index contributed by atoms with van der Waals surface area (Å²) in [6, 6.07) is 10.0. The molecule has 0 unspecified atom stereocenters. The van der Waals surface area contributed by atoms with Crippen LogP contribution in [-0.4, -0.2) is 20.5 Å². The Bertz CT molecular complexity index is 174. The SMILES string of the molecule is FC[Se]Cc1ccccc1. The van der Waals surface area contributed by atoms with Gasteiger partial charge in [-0.3, -0.25) is 0 Å². The number of alkyl halides is 1. The monoisotopic (exact) mass is 204 g/mol. The van der Waals surface area contributed by atoms with E-state index in [0.717, 1.165) is 5.32 Å². The molecule has 0 fully saturated rings. The van der Waals surface area contributed by atoms with Crippen molar-refractivity contribution in [2.45, 2.75) is 5.32 Å². The molecule has 0 aromatic heterocycles. The Kier molecular flexibility index (Phi) is 3.48. The van der Waals surface area contributed by atoms with Gasteiger partial charge in [-0.1, -0.05) is 0 Å². The van der Waals surface area contributed by atoms with Crippen molar-refractivity contribution in [1.82, 2.24) is 0 Å². The molecule has 1 aromatic carbocycles. The number of hydrogen-bond donors (Lipinski definition) is 0. The van der Waals surface area contributed by atoms with Gasteiger partial charge in [0.1, 0.15) is 0 Å². The van der Waals surface area contributed by atoms with E-state index >= 15 is 0 Å². The summed E-state index contributed by atoms with van der Waals surface area (Å²) >= 11 is 0.154. The predicted molar refractivity (Wildman–Crippen MR) is 41.9 cm³/mol. The Morgan fingerprint density at radius 1 is 1.20 bits per heavy atom. The van der Waals surface area contributed by atoms with E-state index in [2.05, 4.69) is 0 Å². The van der Waals surface area contributed by atoms with E-state index in [1.165, 1.54) is 5.56 Å². The summed E-state index contributed by atoms with van der Waals surface area (Å²) < 4.78 is 11.7. The molecule has 0 saturated heterocycles. The van der Waals surface area contributed by atoms with Crippen molar-refractivity contribution in [2.75, 3.05) is 5.57 Å². The summed E-state index contributed by atoms with van der Waals surface area (Å²) in [7, 11) is 0. The van der Waals surface area contributed by atoms with Crippen molar-refractivity contribution < 1.29 is 4.39 Å². The fourth-order valence-electron chi connectivity index (χ4n) is 0.731. The van der Waals surface area contributed by atoms with Crippen molar-refractivity contribution in [3.05, 3.63) is 35.9 Å². The van der Waals surface area contributed by atoms with E-state index < -0.39 is 0 Å². The Hall–Kier alpha value is -0.331. The molecular weight excluding hydrogens is 194 g/mol. The van der Waals surface area contributed by atoms with Crippen molar-refractivity contribution in [3.63, 3.8) is 0 Å². The first-order chi connectivity index (χ1) is 4.93. The van der Waals surface area contributed by atoms with E-state index in [0.29, 0.717) is 0 Å². The fourth-order valence-corrected chi connectivity index (χ4v) is 1.79. The fraction of sp³-hybridized carbons (Fsp3) is 0.250. The Labute approximate surface area is 66.6 Å². The van der Waals surface area contributed by atoms with Gasteiger partial charge in [0, 0.05) is 0 Å². The topological polar surface area (TPSA) is 0 Å². The van der Waals surface area contributed by atoms with Crippen LogP contribution in [-0.2, 0) is 5.32 Å². The number of benzene rings is 1. The predicted octanol–water partition coefficient (Wildman–Crippen LogP) is 1.82. The maximum absolute atomic E-state index is 11.7. The first kappa shape index (κ1) is 7.77. The molecule has 0 bridgehead atoms. The number of halogens is 1. The van der Waals surface area contributed by atoms with Crippen LogP contribution in [0.15, 0.2) is 30.3 Å². The molecule has 10 heavy (non-hydrogen) atoms. The van der Waals surface area contributed by atoms with Crippen LogP contribution in [0.1, 0.15) is 5.56 Å². The normalized spacial score (nSPS) is 9.70. The van der Waals surface area contributed by atoms with Crippen molar-refractivity contribution in [2.24, 2.45) is 0 Å².